The Morgan fingerprint density at radius 2 is 1.58 bits per heavy atom. The van der Waals surface area contributed by atoms with Crippen molar-refractivity contribution in [2.75, 3.05) is 13.4 Å². The minimum atomic E-state index is -3.32. The first-order valence-electron chi connectivity index (χ1n) is 7.57. The van der Waals surface area contributed by atoms with Gasteiger partial charge in [-0.3, -0.25) is 0 Å². The van der Waals surface area contributed by atoms with Crippen LogP contribution in [-0.2, 0) is 14.6 Å². The maximum absolute atomic E-state index is 13.2. The summed E-state index contributed by atoms with van der Waals surface area (Å²) in [4.78, 5) is 12.8. The molecule has 0 fully saturated rings. The van der Waals surface area contributed by atoms with Crippen molar-refractivity contribution in [3.63, 3.8) is 0 Å². The number of thiophene rings is 1. The highest BCUT2D eigenvalue weighted by Gasteiger charge is 2.21. The number of carbonyl (C=O) groups is 1. The van der Waals surface area contributed by atoms with E-state index in [1.807, 2.05) is 0 Å². The molecule has 7 heteroatoms. The van der Waals surface area contributed by atoms with Crippen molar-refractivity contribution in [1.82, 2.24) is 0 Å². The molecule has 26 heavy (non-hydrogen) atoms. The molecule has 2 aromatic carbocycles. The molecule has 0 radical (unpaired) electrons. The molecule has 3 rings (SSSR count). The lowest BCUT2D eigenvalue weighted by atomic mass is 9.97. The topological polar surface area (TPSA) is 60.4 Å². The molecular weight excluding hydrogens is 375 g/mol. The van der Waals surface area contributed by atoms with E-state index in [4.69, 9.17) is 4.74 Å². The van der Waals surface area contributed by atoms with Crippen LogP contribution in [0.5, 0.6) is 0 Å². The van der Waals surface area contributed by atoms with Gasteiger partial charge in [0.2, 0.25) is 0 Å². The van der Waals surface area contributed by atoms with Crippen LogP contribution >= 0.6 is 11.3 Å². The fourth-order valence-electron chi connectivity index (χ4n) is 2.60. The van der Waals surface area contributed by atoms with Gasteiger partial charge >= 0.3 is 5.97 Å². The summed E-state index contributed by atoms with van der Waals surface area (Å²) in [5.74, 6) is -0.832. The second-order valence-corrected chi connectivity index (χ2v) is 8.54. The second-order valence-electron chi connectivity index (χ2n) is 5.65. The van der Waals surface area contributed by atoms with E-state index >= 15 is 0 Å². The van der Waals surface area contributed by atoms with Crippen molar-refractivity contribution in [3.8, 4) is 22.3 Å². The highest BCUT2D eigenvalue weighted by Crippen LogP contribution is 2.40. The van der Waals surface area contributed by atoms with Gasteiger partial charge in [-0.05, 0) is 35.4 Å². The average molecular weight is 390 g/mol. The third-order valence-electron chi connectivity index (χ3n) is 3.89. The van der Waals surface area contributed by atoms with Crippen molar-refractivity contribution in [2.45, 2.75) is 4.90 Å². The van der Waals surface area contributed by atoms with E-state index in [1.54, 1.807) is 29.6 Å². The summed E-state index contributed by atoms with van der Waals surface area (Å²) in [6, 6.07) is 12.3. The number of hydrogen-bond acceptors (Lipinski definition) is 5. The molecule has 4 nitrogen and oxygen atoms in total. The molecule has 0 unspecified atom stereocenters. The number of esters is 1. The minimum absolute atomic E-state index is 0.194. The van der Waals surface area contributed by atoms with Crippen LogP contribution in [-0.4, -0.2) is 27.8 Å². The summed E-state index contributed by atoms with van der Waals surface area (Å²) >= 11 is 1.23. The molecular formula is C19H15FO4S2. The smallest absolute Gasteiger partial charge is 0.348 e. The van der Waals surface area contributed by atoms with E-state index in [1.165, 1.54) is 42.7 Å². The maximum atomic E-state index is 13.2. The fraction of sp³-hybridized carbons (Fsp3) is 0.105. The summed E-state index contributed by atoms with van der Waals surface area (Å²) in [6.45, 7) is 0. The minimum Gasteiger partial charge on any atom is -0.465 e. The molecule has 0 aliphatic rings. The number of sulfone groups is 1. The fourth-order valence-corrected chi connectivity index (χ4v) is 4.24. The van der Waals surface area contributed by atoms with Crippen molar-refractivity contribution in [1.29, 1.82) is 0 Å². The molecule has 1 aromatic heterocycles. The molecule has 134 valence electrons. The van der Waals surface area contributed by atoms with Gasteiger partial charge in [0.15, 0.2) is 9.84 Å². The number of benzene rings is 2. The van der Waals surface area contributed by atoms with Crippen LogP contribution in [0.1, 0.15) is 9.67 Å². The standard InChI is InChI=1S/C19H15FO4S2/c1-24-19(21)18-17(13-5-9-15(10-6-13)26(2,22)23)16(11-25-18)12-3-7-14(20)8-4-12/h3-11H,1-2H3. The molecule has 0 saturated carbocycles. The monoisotopic (exact) mass is 390 g/mol. The van der Waals surface area contributed by atoms with Crippen LogP contribution in [0.4, 0.5) is 4.39 Å². The van der Waals surface area contributed by atoms with Gasteiger partial charge in [-0.15, -0.1) is 11.3 Å². The first-order chi connectivity index (χ1) is 12.3. The van der Waals surface area contributed by atoms with Crippen molar-refractivity contribution < 1.29 is 22.3 Å². The number of rotatable bonds is 4. The van der Waals surface area contributed by atoms with Gasteiger partial charge in [0.25, 0.3) is 0 Å². The van der Waals surface area contributed by atoms with Crippen LogP contribution in [0.15, 0.2) is 58.8 Å². The van der Waals surface area contributed by atoms with E-state index in [0.717, 1.165) is 17.4 Å². The van der Waals surface area contributed by atoms with Gasteiger partial charge in [-0.2, -0.15) is 0 Å². The van der Waals surface area contributed by atoms with Gasteiger partial charge < -0.3 is 4.74 Å². The van der Waals surface area contributed by atoms with E-state index < -0.39 is 15.8 Å². The quantitative estimate of drug-likeness (QED) is 0.619. The largest absolute Gasteiger partial charge is 0.465 e. The first kappa shape index (κ1) is 18.3. The Balaban J connectivity index is 2.19. The molecule has 0 saturated heterocycles. The Bertz CT molecular complexity index is 1050. The predicted molar refractivity (Wildman–Crippen MR) is 99.6 cm³/mol. The summed E-state index contributed by atoms with van der Waals surface area (Å²) in [5, 5.41) is 1.80. The third kappa shape index (κ3) is 3.54. The molecule has 1 heterocycles. The van der Waals surface area contributed by atoms with Crippen molar-refractivity contribution in [3.05, 3.63) is 64.6 Å². The summed E-state index contributed by atoms with van der Waals surface area (Å²) in [7, 11) is -2.02. The Morgan fingerprint density at radius 1 is 1.00 bits per heavy atom. The lowest BCUT2D eigenvalue weighted by Gasteiger charge is -2.09. The zero-order chi connectivity index (χ0) is 18.9. The number of methoxy groups -OCH3 is 1. The Kier molecular flexibility index (Phi) is 4.93. The Morgan fingerprint density at radius 3 is 2.12 bits per heavy atom. The highest BCUT2D eigenvalue weighted by atomic mass is 32.2. The summed E-state index contributed by atoms with van der Waals surface area (Å²) in [5.41, 5.74) is 2.81. The Labute approximate surface area is 154 Å². The highest BCUT2D eigenvalue weighted by molar-refractivity contribution is 7.90. The number of halogens is 1. The predicted octanol–water partition coefficient (Wildman–Crippen LogP) is 4.41. The molecule has 0 atom stereocenters. The summed E-state index contributed by atoms with van der Waals surface area (Å²) < 4.78 is 41.4. The van der Waals surface area contributed by atoms with Gasteiger partial charge in [0.1, 0.15) is 10.7 Å². The number of carbonyl (C=O) groups excluding carboxylic acids is 1. The van der Waals surface area contributed by atoms with Crippen molar-refractivity contribution >= 4 is 27.1 Å². The van der Waals surface area contributed by atoms with E-state index in [-0.39, 0.29) is 10.7 Å². The van der Waals surface area contributed by atoms with Gasteiger partial charge in [-0.25, -0.2) is 17.6 Å². The number of hydrogen-bond donors (Lipinski definition) is 0. The molecule has 0 spiro atoms. The van der Waals surface area contributed by atoms with Crippen LogP contribution < -0.4 is 0 Å². The molecule has 0 amide bonds. The molecule has 0 N–H and O–H groups in total. The normalized spacial score (nSPS) is 11.3. The molecule has 3 aromatic rings. The van der Waals surface area contributed by atoms with Gasteiger partial charge in [0.05, 0.1) is 12.0 Å². The van der Waals surface area contributed by atoms with E-state index in [2.05, 4.69) is 0 Å². The van der Waals surface area contributed by atoms with Crippen LogP contribution in [0.2, 0.25) is 0 Å². The lowest BCUT2D eigenvalue weighted by Crippen LogP contribution is -2.01. The zero-order valence-electron chi connectivity index (χ0n) is 14.0. The third-order valence-corrected chi connectivity index (χ3v) is 5.98. The SMILES string of the molecule is COC(=O)c1scc(-c2ccc(F)cc2)c1-c1ccc(S(C)(=O)=O)cc1. The van der Waals surface area contributed by atoms with Crippen molar-refractivity contribution in [2.24, 2.45) is 0 Å². The van der Waals surface area contributed by atoms with Crippen LogP contribution in [0, 0.1) is 5.82 Å². The summed E-state index contributed by atoms with van der Waals surface area (Å²) in [6.07, 6.45) is 1.14. The molecule has 0 aliphatic carbocycles. The molecule has 0 aliphatic heterocycles. The lowest BCUT2D eigenvalue weighted by molar-refractivity contribution is 0.0607. The van der Waals surface area contributed by atoms with Crippen LogP contribution in [0.3, 0.4) is 0 Å². The van der Waals surface area contributed by atoms with Crippen LogP contribution in [0.25, 0.3) is 22.3 Å². The Hall–Kier alpha value is -2.51. The first-order valence-corrected chi connectivity index (χ1v) is 10.3. The van der Waals surface area contributed by atoms with E-state index in [0.29, 0.717) is 16.0 Å². The molecule has 0 bridgehead atoms. The van der Waals surface area contributed by atoms with E-state index in [9.17, 15) is 17.6 Å². The second kappa shape index (κ2) is 7.01. The maximum Gasteiger partial charge on any atom is 0.348 e. The zero-order valence-corrected chi connectivity index (χ0v) is 15.7. The van der Waals surface area contributed by atoms with Gasteiger partial charge in [-0.1, -0.05) is 24.3 Å². The average Bonchev–Trinajstić information content (AvgIpc) is 3.06. The number of ether oxygens (including phenoxy) is 1. The van der Waals surface area contributed by atoms with Gasteiger partial charge in [0, 0.05) is 22.8 Å².